The summed E-state index contributed by atoms with van der Waals surface area (Å²) in [6, 6.07) is 14.3. The number of rotatable bonds is 4. The van der Waals surface area contributed by atoms with Crippen LogP contribution in [0.4, 0.5) is 13.2 Å². The van der Waals surface area contributed by atoms with Gasteiger partial charge in [-0.3, -0.25) is 4.79 Å². The smallest absolute Gasteiger partial charge is 0.338 e. The number of hydrogen-bond donors (Lipinski definition) is 0. The molecule has 2 rings (SSSR count). The standard InChI is InChI=1S/C18H16F3NO/c1-22(17(23)11-10-14-6-3-2-4-7-14)13-15-8-5-9-16(12-15)18(19,20)21/h2-12H,13H2,1H3. The highest BCUT2D eigenvalue weighted by Gasteiger charge is 2.30. The van der Waals surface area contributed by atoms with Crippen molar-refractivity contribution in [1.82, 2.24) is 4.90 Å². The summed E-state index contributed by atoms with van der Waals surface area (Å²) in [4.78, 5) is 13.4. The Morgan fingerprint density at radius 3 is 2.43 bits per heavy atom. The van der Waals surface area contributed by atoms with Crippen LogP contribution in [0.15, 0.2) is 60.7 Å². The molecule has 0 aliphatic carbocycles. The Morgan fingerprint density at radius 2 is 1.78 bits per heavy atom. The van der Waals surface area contributed by atoms with Crippen LogP contribution in [-0.4, -0.2) is 17.9 Å². The van der Waals surface area contributed by atoms with Crippen LogP contribution in [0.2, 0.25) is 0 Å². The zero-order valence-corrected chi connectivity index (χ0v) is 12.5. The van der Waals surface area contributed by atoms with E-state index in [-0.39, 0.29) is 12.5 Å². The van der Waals surface area contributed by atoms with Crippen LogP contribution in [0.3, 0.4) is 0 Å². The summed E-state index contributed by atoms with van der Waals surface area (Å²) in [5.41, 5.74) is 0.604. The molecule has 0 aliphatic rings. The Morgan fingerprint density at radius 1 is 1.09 bits per heavy atom. The van der Waals surface area contributed by atoms with Crippen LogP contribution < -0.4 is 0 Å². The summed E-state index contributed by atoms with van der Waals surface area (Å²) < 4.78 is 38.0. The summed E-state index contributed by atoms with van der Waals surface area (Å²) in [6.45, 7) is 0.113. The fourth-order valence-electron chi connectivity index (χ4n) is 2.06. The first-order valence-corrected chi connectivity index (χ1v) is 7.00. The van der Waals surface area contributed by atoms with Gasteiger partial charge in [-0.2, -0.15) is 13.2 Å². The van der Waals surface area contributed by atoms with E-state index in [0.717, 1.165) is 17.7 Å². The fraction of sp³-hybridized carbons (Fsp3) is 0.167. The SMILES string of the molecule is CN(Cc1cccc(C(F)(F)F)c1)C(=O)C=Cc1ccccc1. The normalized spacial score (nSPS) is 11.7. The van der Waals surface area contributed by atoms with E-state index >= 15 is 0 Å². The highest BCUT2D eigenvalue weighted by atomic mass is 19.4. The van der Waals surface area contributed by atoms with Crippen LogP contribution in [0.25, 0.3) is 6.08 Å². The lowest BCUT2D eigenvalue weighted by molar-refractivity contribution is -0.137. The van der Waals surface area contributed by atoms with E-state index in [9.17, 15) is 18.0 Å². The molecular weight excluding hydrogens is 303 g/mol. The number of nitrogens with zero attached hydrogens (tertiary/aromatic N) is 1. The number of carbonyl (C=O) groups is 1. The van der Waals surface area contributed by atoms with Gasteiger partial charge in [0, 0.05) is 19.7 Å². The molecule has 2 aromatic carbocycles. The van der Waals surface area contributed by atoms with Crippen LogP contribution in [0, 0.1) is 0 Å². The number of alkyl halides is 3. The zero-order valence-electron chi connectivity index (χ0n) is 12.5. The van der Waals surface area contributed by atoms with Gasteiger partial charge in [0.25, 0.3) is 0 Å². The predicted octanol–water partition coefficient (Wildman–Crippen LogP) is 4.38. The summed E-state index contributed by atoms with van der Waals surface area (Å²) in [5, 5.41) is 0. The van der Waals surface area contributed by atoms with E-state index in [2.05, 4.69) is 0 Å². The van der Waals surface area contributed by atoms with Crippen molar-refractivity contribution < 1.29 is 18.0 Å². The molecule has 2 nitrogen and oxygen atoms in total. The van der Waals surface area contributed by atoms with Crippen molar-refractivity contribution in [1.29, 1.82) is 0 Å². The molecule has 120 valence electrons. The topological polar surface area (TPSA) is 20.3 Å². The van der Waals surface area contributed by atoms with Crippen molar-refractivity contribution in [2.75, 3.05) is 7.05 Å². The third kappa shape index (κ3) is 4.98. The number of benzene rings is 2. The van der Waals surface area contributed by atoms with E-state index < -0.39 is 11.7 Å². The molecule has 0 aliphatic heterocycles. The van der Waals surface area contributed by atoms with E-state index in [0.29, 0.717) is 5.56 Å². The third-order valence-corrected chi connectivity index (χ3v) is 3.27. The summed E-state index contributed by atoms with van der Waals surface area (Å²) in [7, 11) is 1.55. The van der Waals surface area contributed by atoms with E-state index in [4.69, 9.17) is 0 Å². The maximum absolute atomic E-state index is 12.7. The highest BCUT2D eigenvalue weighted by molar-refractivity contribution is 5.91. The Labute approximate surface area is 132 Å². The van der Waals surface area contributed by atoms with Gasteiger partial charge >= 0.3 is 6.18 Å². The van der Waals surface area contributed by atoms with Gasteiger partial charge in [-0.15, -0.1) is 0 Å². The zero-order chi connectivity index (χ0) is 16.9. The van der Waals surface area contributed by atoms with Crippen molar-refractivity contribution in [3.05, 3.63) is 77.4 Å². The van der Waals surface area contributed by atoms with Crippen molar-refractivity contribution in [2.45, 2.75) is 12.7 Å². The monoisotopic (exact) mass is 319 g/mol. The minimum absolute atomic E-state index is 0.113. The molecule has 2 aromatic rings. The fourth-order valence-corrected chi connectivity index (χ4v) is 2.06. The molecule has 0 saturated heterocycles. The van der Waals surface area contributed by atoms with Crippen LogP contribution in [-0.2, 0) is 17.5 Å². The second-order valence-electron chi connectivity index (χ2n) is 5.14. The molecule has 0 atom stereocenters. The number of amides is 1. The molecule has 0 unspecified atom stereocenters. The van der Waals surface area contributed by atoms with Crippen molar-refractivity contribution in [3.8, 4) is 0 Å². The number of likely N-dealkylation sites (N-methyl/N-ethyl adjacent to an activating group) is 1. The molecule has 0 spiro atoms. The molecule has 0 radical (unpaired) electrons. The quantitative estimate of drug-likeness (QED) is 0.766. The van der Waals surface area contributed by atoms with Crippen molar-refractivity contribution >= 4 is 12.0 Å². The molecule has 0 fully saturated rings. The van der Waals surface area contributed by atoms with Gasteiger partial charge in [-0.25, -0.2) is 0 Å². The largest absolute Gasteiger partial charge is 0.416 e. The molecule has 0 aromatic heterocycles. The van der Waals surface area contributed by atoms with Crippen LogP contribution >= 0.6 is 0 Å². The molecule has 0 N–H and O–H groups in total. The van der Waals surface area contributed by atoms with Crippen molar-refractivity contribution in [2.24, 2.45) is 0 Å². The lowest BCUT2D eigenvalue weighted by Gasteiger charge is -2.16. The summed E-state index contributed by atoms with van der Waals surface area (Å²) >= 11 is 0. The molecular formula is C18H16F3NO. The Hall–Kier alpha value is -2.56. The Balaban J connectivity index is 2.03. The Kier molecular flexibility index (Phi) is 5.21. The van der Waals surface area contributed by atoms with E-state index in [1.54, 1.807) is 19.2 Å². The maximum atomic E-state index is 12.7. The molecule has 1 amide bonds. The molecule has 23 heavy (non-hydrogen) atoms. The second-order valence-corrected chi connectivity index (χ2v) is 5.14. The third-order valence-electron chi connectivity index (χ3n) is 3.27. The number of halogens is 3. The first-order valence-electron chi connectivity index (χ1n) is 7.00. The van der Waals surface area contributed by atoms with E-state index in [1.165, 1.54) is 17.0 Å². The molecule has 0 bridgehead atoms. The molecule has 0 heterocycles. The minimum Gasteiger partial charge on any atom is -0.338 e. The Bertz CT molecular complexity index is 693. The summed E-state index contributed by atoms with van der Waals surface area (Å²) in [6.07, 6.45) is -1.31. The van der Waals surface area contributed by atoms with Gasteiger partial charge in [-0.05, 0) is 29.3 Å². The second kappa shape index (κ2) is 7.13. The van der Waals surface area contributed by atoms with Gasteiger partial charge in [0.05, 0.1) is 5.56 Å². The molecule has 0 saturated carbocycles. The lowest BCUT2D eigenvalue weighted by Crippen LogP contribution is -2.24. The highest BCUT2D eigenvalue weighted by Crippen LogP contribution is 2.29. The van der Waals surface area contributed by atoms with E-state index in [1.807, 2.05) is 30.3 Å². The average molecular weight is 319 g/mol. The van der Waals surface area contributed by atoms with Gasteiger partial charge in [-0.1, -0.05) is 42.5 Å². The van der Waals surface area contributed by atoms with Gasteiger partial charge in [0.1, 0.15) is 0 Å². The lowest BCUT2D eigenvalue weighted by atomic mass is 10.1. The predicted molar refractivity (Wildman–Crippen MR) is 83.4 cm³/mol. The summed E-state index contributed by atoms with van der Waals surface area (Å²) in [5.74, 6) is -0.272. The number of carbonyl (C=O) groups excluding carboxylic acids is 1. The van der Waals surface area contributed by atoms with Crippen LogP contribution in [0.5, 0.6) is 0 Å². The average Bonchev–Trinajstić information content (AvgIpc) is 2.53. The van der Waals surface area contributed by atoms with Gasteiger partial charge in [0.2, 0.25) is 5.91 Å². The van der Waals surface area contributed by atoms with Gasteiger partial charge < -0.3 is 4.90 Å². The first-order chi connectivity index (χ1) is 10.9. The maximum Gasteiger partial charge on any atom is 0.416 e. The first kappa shape index (κ1) is 16.8. The van der Waals surface area contributed by atoms with Crippen molar-refractivity contribution in [3.63, 3.8) is 0 Å². The molecule has 5 heteroatoms. The van der Waals surface area contributed by atoms with Crippen LogP contribution in [0.1, 0.15) is 16.7 Å². The van der Waals surface area contributed by atoms with Gasteiger partial charge in [0.15, 0.2) is 0 Å². The minimum atomic E-state index is -4.38. The number of hydrogen-bond acceptors (Lipinski definition) is 1.